The summed E-state index contributed by atoms with van der Waals surface area (Å²) in [6.45, 7) is 1.31. The van der Waals surface area contributed by atoms with Gasteiger partial charge in [-0.1, -0.05) is 0 Å². The van der Waals surface area contributed by atoms with Crippen molar-refractivity contribution < 1.29 is 14.3 Å². The maximum Gasteiger partial charge on any atom is 0.328 e. The second-order valence-corrected chi connectivity index (χ2v) is 3.98. The number of carbonyl (C=O) groups excluding carboxylic acids is 2. The van der Waals surface area contributed by atoms with Crippen molar-refractivity contribution in [2.75, 3.05) is 27.2 Å². The van der Waals surface area contributed by atoms with E-state index in [1.807, 2.05) is 0 Å². The Kier molecular flexibility index (Phi) is 5.25. The summed E-state index contributed by atoms with van der Waals surface area (Å²) in [5.41, 5.74) is 0. The van der Waals surface area contributed by atoms with Crippen molar-refractivity contribution in [1.82, 2.24) is 10.2 Å². The van der Waals surface area contributed by atoms with Gasteiger partial charge in [0.05, 0.1) is 7.11 Å². The monoisotopic (exact) mass is 228 g/mol. The van der Waals surface area contributed by atoms with Gasteiger partial charge in [0.2, 0.25) is 5.91 Å². The minimum Gasteiger partial charge on any atom is -0.467 e. The molecule has 0 aliphatic carbocycles. The lowest BCUT2D eigenvalue weighted by Crippen LogP contribution is -2.48. The fourth-order valence-electron chi connectivity index (χ4n) is 1.99. The molecule has 1 fully saturated rings. The van der Waals surface area contributed by atoms with Crippen LogP contribution in [-0.2, 0) is 14.3 Å². The third kappa shape index (κ3) is 3.20. The van der Waals surface area contributed by atoms with Crippen LogP contribution in [-0.4, -0.2) is 50.1 Å². The molecule has 1 atom stereocenters. The van der Waals surface area contributed by atoms with Crippen molar-refractivity contribution in [3.05, 3.63) is 0 Å². The van der Waals surface area contributed by atoms with E-state index in [1.165, 1.54) is 7.11 Å². The fraction of sp³-hybridized carbons (Fsp3) is 0.818. The van der Waals surface area contributed by atoms with Gasteiger partial charge >= 0.3 is 5.97 Å². The molecule has 1 aliphatic heterocycles. The van der Waals surface area contributed by atoms with Crippen molar-refractivity contribution in [3.63, 3.8) is 0 Å². The van der Waals surface area contributed by atoms with Crippen molar-refractivity contribution in [2.45, 2.75) is 31.7 Å². The largest absolute Gasteiger partial charge is 0.467 e. The normalized spacial score (nSPS) is 20.6. The van der Waals surface area contributed by atoms with Crippen molar-refractivity contribution >= 4 is 11.9 Å². The van der Waals surface area contributed by atoms with E-state index in [2.05, 4.69) is 5.32 Å². The minimum absolute atomic E-state index is 0.0319. The number of rotatable bonds is 4. The third-order valence-corrected chi connectivity index (χ3v) is 2.89. The molecule has 0 aromatic rings. The number of methoxy groups -OCH3 is 1. The molecule has 0 aromatic carbocycles. The lowest BCUT2D eigenvalue weighted by atomic mass is 10.0. The third-order valence-electron chi connectivity index (χ3n) is 2.89. The SMILES string of the molecule is CNCCC(=O)N1CCCCC1C(=O)OC. The number of nitrogens with zero attached hydrogens (tertiary/aromatic N) is 1. The zero-order valence-corrected chi connectivity index (χ0v) is 9.99. The summed E-state index contributed by atoms with van der Waals surface area (Å²) in [5, 5.41) is 2.93. The van der Waals surface area contributed by atoms with Crippen LogP contribution in [0.5, 0.6) is 0 Å². The van der Waals surface area contributed by atoms with Gasteiger partial charge in [0.25, 0.3) is 0 Å². The lowest BCUT2D eigenvalue weighted by Gasteiger charge is -2.33. The summed E-state index contributed by atoms with van der Waals surface area (Å²) < 4.78 is 4.73. The number of ether oxygens (including phenoxy) is 1. The first-order chi connectivity index (χ1) is 7.70. The van der Waals surface area contributed by atoms with Crippen LogP contribution in [0.1, 0.15) is 25.7 Å². The van der Waals surface area contributed by atoms with Crippen molar-refractivity contribution in [2.24, 2.45) is 0 Å². The molecule has 92 valence electrons. The Balaban J connectivity index is 2.59. The highest BCUT2D eigenvalue weighted by molar-refractivity contribution is 5.84. The average Bonchev–Trinajstić information content (AvgIpc) is 2.35. The molecule has 1 N–H and O–H groups in total. The Morgan fingerprint density at radius 1 is 1.44 bits per heavy atom. The van der Waals surface area contributed by atoms with E-state index in [0.29, 0.717) is 19.5 Å². The average molecular weight is 228 g/mol. The Labute approximate surface area is 96.1 Å². The van der Waals surface area contributed by atoms with E-state index < -0.39 is 0 Å². The fourth-order valence-corrected chi connectivity index (χ4v) is 1.99. The first-order valence-electron chi connectivity index (χ1n) is 5.72. The van der Waals surface area contributed by atoms with Crippen LogP contribution in [0.15, 0.2) is 0 Å². The van der Waals surface area contributed by atoms with E-state index in [9.17, 15) is 9.59 Å². The van der Waals surface area contributed by atoms with Gasteiger partial charge in [-0.05, 0) is 26.3 Å². The summed E-state index contributed by atoms with van der Waals surface area (Å²) in [6.07, 6.45) is 3.11. The molecule has 1 amide bonds. The molecule has 0 aromatic heterocycles. The molecule has 1 unspecified atom stereocenters. The van der Waals surface area contributed by atoms with E-state index in [-0.39, 0.29) is 17.9 Å². The number of esters is 1. The van der Waals surface area contributed by atoms with Crippen LogP contribution < -0.4 is 5.32 Å². The molecule has 5 nitrogen and oxygen atoms in total. The predicted octanol–water partition coefficient (Wildman–Crippen LogP) is 0.150. The van der Waals surface area contributed by atoms with Crippen LogP contribution in [0.4, 0.5) is 0 Å². The van der Waals surface area contributed by atoms with Crippen molar-refractivity contribution in [1.29, 1.82) is 0 Å². The molecular weight excluding hydrogens is 208 g/mol. The molecule has 5 heteroatoms. The number of hydrogen-bond acceptors (Lipinski definition) is 4. The number of carbonyl (C=O) groups is 2. The molecule has 0 bridgehead atoms. The highest BCUT2D eigenvalue weighted by Gasteiger charge is 2.32. The molecular formula is C11H20N2O3. The Hall–Kier alpha value is -1.10. The maximum atomic E-state index is 11.9. The molecule has 0 spiro atoms. The lowest BCUT2D eigenvalue weighted by molar-refractivity contribution is -0.154. The van der Waals surface area contributed by atoms with E-state index in [0.717, 1.165) is 19.3 Å². The first-order valence-corrected chi connectivity index (χ1v) is 5.72. The number of likely N-dealkylation sites (tertiary alicyclic amines) is 1. The number of amides is 1. The highest BCUT2D eigenvalue weighted by Crippen LogP contribution is 2.18. The van der Waals surface area contributed by atoms with Crippen LogP contribution in [0.3, 0.4) is 0 Å². The minimum atomic E-state index is -0.372. The zero-order chi connectivity index (χ0) is 12.0. The van der Waals surface area contributed by atoms with Crippen molar-refractivity contribution in [3.8, 4) is 0 Å². The molecule has 1 aliphatic rings. The Bertz CT molecular complexity index is 256. The van der Waals surface area contributed by atoms with Crippen LogP contribution in [0.2, 0.25) is 0 Å². The van der Waals surface area contributed by atoms with E-state index in [1.54, 1.807) is 11.9 Å². The number of piperidine rings is 1. The van der Waals surface area contributed by atoms with Gasteiger partial charge in [-0.3, -0.25) is 4.79 Å². The first kappa shape index (κ1) is 13.0. The molecule has 0 saturated carbocycles. The quantitative estimate of drug-likeness (QED) is 0.696. The van der Waals surface area contributed by atoms with Gasteiger partial charge in [0.1, 0.15) is 6.04 Å². The van der Waals surface area contributed by atoms with Crippen LogP contribution >= 0.6 is 0 Å². The summed E-state index contributed by atoms with van der Waals surface area (Å²) >= 11 is 0. The highest BCUT2D eigenvalue weighted by atomic mass is 16.5. The second-order valence-electron chi connectivity index (χ2n) is 3.98. The Morgan fingerprint density at radius 2 is 2.19 bits per heavy atom. The van der Waals surface area contributed by atoms with Gasteiger partial charge in [-0.2, -0.15) is 0 Å². The maximum absolute atomic E-state index is 11.9. The zero-order valence-electron chi connectivity index (χ0n) is 9.99. The molecule has 1 saturated heterocycles. The predicted molar refractivity (Wildman–Crippen MR) is 59.9 cm³/mol. The van der Waals surface area contributed by atoms with Gasteiger partial charge in [-0.25, -0.2) is 4.79 Å². The van der Waals surface area contributed by atoms with E-state index >= 15 is 0 Å². The van der Waals surface area contributed by atoms with E-state index in [4.69, 9.17) is 4.74 Å². The smallest absolute Gasteiger partial charge is 0.328 e. The molecule has 0 radical (unpaired) electrons. The Morgan fingerprint density at radius 3 is 2.81 bits per heavy atom. The van der Waals surface area contributed by atoms with Gasteiger partial charge in [0, 0.05) is 19.5 Å². The number of hydrogen-bond donors (Lipinski definition) is 1. The number of nitrogens with one attached hydrogen (secondary N) is 1. The summed E-state index contributed by atoms with van der Waals surface area (Å²) in [7, 11) is 3.18. The molecule has 1 rings (SSSR count). The summed E-state index contributed by atoms with van der Waals surface area (Å²) in [5.74, 6) is -0.262. The summed E-state index contributed by atoms with van der Waals surface area (Å²) in [4.78, 5) is 25.0. The summed E-state index contributed by atoms with van der Waals surface area (Å²) in [6, 6.07) is -0.372. The topological polar surface area (TPSA) is 58.6 Å². The molecule has 16 heavy (non-hydrogen) atoms. The van der Waals surface area contributed by atoms with Crippen LogP contribution in [0.25, 0.3) is 0 Å². The van der Waals surface area contributed by atoms with Gasteiger partial charge in [-0.15, -0.1) is 0 Å². The standard InChI is InChI=1S/C11H20N2O3/c1-12-7-6-10(14)13-8-4-3-5-9(13)11(15)16-2/h9,12H,3-8H2,1-2H3. The second kappa shape index (κ2) is 6.48. The van der Waals surface area contributed by atoms with Gasteiger partial charge in [0.15, 0.2) is 0 Å². The van der Waals surface area contributed by atoms with Crippen LogP contribution in [0, 0.1) is 0 Å². The molecule has 1 heterocycles. The van der Waals surface area contributed by atoms with Gasteiger partial charge < -0.3 is 15.0 Å².